The topological polar surface area (TPSA) is 86.8 Å². The fourth-order valence-corrected chi connectivity index (χ4v) is 5.49. The van der Waals surface area contributed by atoms with Crippen molar-refractivity contribution in [3.8, 4) is 0 Å². The molecule has 0 heterocycles. The van der Waals surface area contributed by atoms with Crippen molar-refractivity contribution in [1.29, 1.82) is 0 Å². The smallest absolute Gasteiger partial charge is 0.243 e. The minimum atomic E-state index is -3.56. The molecule has 0 unspecified atom stereocenters. The summed E-state index contributed by atoms with van der Waals surface area (Å²) in [6.45, 7) is 9.53. The van der Waals surface area contributed by atoms with Crippen LogP contribution in [-0.4, -0.2) is 49.5 Å². The first-order valence-corrected chi connectivity index (χ1v) is 14.8. The Balaban J connectivity index is 2.30. The van der Waals surface area contributed by atoms with E-state index in [1.165, 1.54) is 9.21 Å². The van der Waals surface area contributed by atoms with Crippen molar-refractivity contribution in [2.75, 3.05) is 17.1 Å². The molecule has 0 bridgehead atoms. The normalized spacial score (nSPS) is 12.6. The van der Waals surface area contributed by atoms with Gasteiger partial charge >= 0.3 is 0 Å². The van der Waals surface area contributed by atoms with E-state index >= 15 is 0 Å². The van der Waals surface area contributed by atoms with Gasteiger partial charge in [0.2, 0.25) is 21.8 Å². The number of nitrogens with one attached hydrogen (secondary N) is 1. The molecule has 2 amide bonds. The number of amides is 2. The van der Waals surface area contributed by atoms with Crippen LogP contribution in [0.5, 0.6) is 0 Å². The van der Waals surface area contributed by atoms with Crippen molar-refractivity contribution in [3.05, 3.63) is 63.6 Å². The van der Waals surface area contributed by atoms with Gasteiger partial charge < -0.3 is 10.2 Å². The lowest BCUT2D eigenvalue weighted by atomic mass is 10.0. The Morgan fingerprint density at radius 2 is 1.65 bits per heavy atom. The molecular weight excluding hydrogens is 533 g/mol. The van der Waals surface area contributed by atoms with Crippen LogP contribution in [0.25, 0.3) is 0 Å². The van der Waals surface area contributed by atoms with Crippen LogP contribution >= 0.6 is 23.2 Å². The Bertz CT molecular complexity index is 1190. The van der Waals surface area contributed by atoms with E-state index in [1.807, 2.05) is 40.7 Å². The molecule has 0 spiro atoms. The predicted octanol–water partition coefficient (Wildman–Crippen LogP) is 5.57. The molecule has 204 valence electrons. The lowest BCUT2D eigenvalue weighted by Gasteiger charge is -2.33. The third-order valence-electron chi connectivity index (χ3n) is 5.72. The Morgan fingerprint density at radius 3 is 2.16 bits per heavy atom. The second-order valence-electron chi connectivity index (χ2n) is 10.2. The van der Waals surface area contributed by atoms with Crippen molar-refractivity contribution < 1.29 is 18.0 Å². The monoisotopic (exact) mass is 569 g/mol. The molecule has 0 saturated heterocycles. The predicted molar refractivity (Wildman–Crippen MR) is 152 cm³/mol. The number of carbonyl (C=O) groups excluding carboxylic acids is 2. The maximum atomic E-state index is 13.6. The first kappa shape index (κ1) is 30.9. The first-order valence-electron chi connectivity index (χ1n) is 12.2. The fraction of sp³-hybridized carbons (Fsp3) is 0.481. The molecule has 1 atom stereocenters. The quantitative estimate of drug-likeness (QED) is 0.383. The molecule has 2 rings (SSSR count). The van der Waals surface area contributed by atoms with Gasteiger partial charge in [-0.05, 0) is 70.4 Å². The van der Waals surface area contributed by atoms with Crippen LogP contribution in [0.1, 0.15) is 58.1 Å². The summed E-state index contributed by atoms with van der Waals surface area (Å²) in [5.41, 5.74) is 1.55. The minimum Gasteiger partial charge on any atom is -0.350 e. The summed E-state index contributed by atoms with van der Waals surface area (Å²) in [6, 6.07) is 11.5. The third-order valence-corrected chi connectivity index (χ3v) is 7.62. The maximum absolute atomic E-state index is 13.6. The van der Waals surface area contributed by atoms with E-state index in [9.17, 15) is 18.0 Å². The number of anilines is 1. The van der Waals surface area contributed by atoms with Crippen molar-refractivity contribution in [2.45, 2.75) is 72.0 Å². The van der Waals surface area contributed by atoms with Gasteiger partial charge in [-0.2, -0.15) is 0 Å². The van der Waals surface area contributed by atoms with Gasteiger partial charge in [0.15, 0.2) is 0 Å². The highest BCUT2D eigenvalue weighted by molar-refractivity contribution is 7.92. The SMILES string of the molecule is CC[C@@H](C(=O)NC(C)(C)C)N(Cc1c(Cl)cccc1Cl)C(=O)CCCN(c1cccc(C)c1)S(C)(=O)=O. The molecule has 0 fully saturated rings. The first-order chi connectivity index (χ1) is 17.1. The average molecular weight is 571 g/mol. The number of hydrogen-bond acceptors (Lipinski definition) is 4. The van der Waals surface area contributed by atoms with Crippen molar-refractivity contribution >= 4 is 50.7 Å². The summed E-state index contributed by atoms with van der Waals surface area (Å²) in [5.74, 6) is -0.561. The number of aryl methyl sites for hydroxylation is 1. The lowest BCUT2D eigenvalue weighted by Crippen LogP contribution is -2.53. The molecule has 2 aromatic rings. The number of benzene rings is 2. The van der Waals surface area contributed by atoms with E-state index in [2.05, 4.69) is 5.32 Å². The second-order valence-corrected chi connectivity index (χ2v) is 12.9. The molecule has 0 aliphatic rings. The van der Waals surface area contributed by atoms with Crippen molar-refractivity contribution in [2.24, 2.45) is 0 Å². The number of hydrogen-bond donors (Lipinski definition) is 1. The van der Waals surface area contributed by atoms with E-state index in [4.69, 9.17) is 23.2 Å². The molecule has 0 aliphatic heterocycles. The molecular formula is C27H37Cl2N3O4S. The molecule has 2 aromatic carbocycles. The molecule has 0 aliphatic carbocycles. The standard InChI is InChI=1S/C27H37Cl2N3O4S/c1-7-24(26(34)30-27(3,4)5)31(18-21-22(28)13-9-14-23(21)29)25(33)15-10-16-32(37(6,35)36)20-12-8-11-19(2)17-20/h8-9,11-14,17,24H,7,10,15-16,18H2,1-6H3,(H,30,34)/t24-/m0/s1. The molecule has 1 N–H and O–H groups in total. The number of halogens is 2. The maximum Gasteiger partial charge on any atom is 0.243 e. The van der Waals surface area contributed by atoms with Gasteiger partial charge in [-0.3, -0.25) is 13.9 Å². The Kier molecular flexibility index (Phi) is 10.9. The fourth-order valence-electron chi connectivity index (χ4n) is 4.01. The zero-order valence-corrected chi connectivity index (χ0v) is 24.7. The summed E-state index contributed by atoms with van der Waals surface area (Å²) in [6.07, 6.45) is 1.84. The van der Waals surface area contributed by atoms with Crippen LogP contribution in [0.2, 0.25) is 10.0 Å². The summed E-state index contributed by atoms with van der Waals surface area (Å²) in [7, 11) is -3.56. The van der Waals surface area contributed by atoms with Crippen LogP contribution in [0.4, 0.5) is 5.69 Å². The van der Waals surface area contributed by atoms with Gasteiger partial charge in [0.05, 0.1) is 11.9 Å². The van der Waals surface area contributed by atoms with Gasteiger partial charge in [0.25, 0.3) is 0 Å². The highest BCUT2D eigenvalue weighted by Gasteiger charge is 2.31. The molecule has 0 radical (unpaired) electrons. The molecule has 10 heteroatoms. The van der Waals surface area contributed by atoms with Crippen LogP contribution in [0.3, 0.4) is 0 Å². The number of carbonyl (C=O) groups is 2. The van der Waals surface area contributed by atoms with Gasteiger partial charge in [-0.15, -0.1) is 0 Å². The van der Waals surface area contributed by atoms with Crippen molar-refractivity contribution in [3.63, 3.8) is 0 Å². The Morgan fingerprint density at radius 1 is 1.05 bits per heavy atom. The van der Waals surface area contributed by atoms with Gasteiger partial charge in [-0.1, -0.05) is 48.3 Å². The highest BCUT2D eigenvalue weighted by Crippen LogP contribution is 2.28. The van der Waals surface area contributed by atoms with E-state index < -0.39 is 21.6 Å². The lowest BCUT2D eigenvalue weighted by molar-refractivity contribution is -0.142. The van der Waals surface area contributed by atoms with Gasteiger partial charge in [0, 0.05) is 40.7 Å². The van der Waals surface area contributed by atoms with E-state index in [0.29, 0.717) is 27.7 Å². The van der Waals surface area contributed by atoms with Crippen molar-refractivity contribution in [1.82, 2.24) is 10.2 Å². The molecule has 7 nitrogen and oxygen atoms in total. The highest BCUT2D eigenvalue weighted by atomic mass is 35.5. The van der Waals surface area contributed by atoms with Crippen LogP contribution < -0.4 is 9.62 Å². The molecule has 0 saturated carbocycles. The van der Waals surface area contributed by atoms with Crippen LogP contribution in [-0.2, 0) is 26.2 Å². The number of rotatable bonds is 11. The van der Waals surface area contributed by atoms with Gasteiger partial charge in [0.1, 0.15) is 6.04 Å². The largest absolute Gasteiger partial charge is 0.350 e. The summed E-state index contributed by atoms with van der Waals surface area (Å²) < 4.78 is 26.3. The third kappa shape index (κ3) is 9.20. The minimum absolute atomic E-state index is 0.0409. The van der Waals surface area contributed by atoms with E-state index in [1.54, 1.807) is 36.4 Å². The zero-order chi connectivity index (χ0) is 28.0. The summed E-state index contributed by atoms with van der Waals surface area (Å²) in [4.78, 5) is 28.2. The second kappa shape index (κ2) is 13.0. The molecule has 37 heavy (non-hydrogen) atoms. The Labute approximate surface area is 231 Å². The van der Waals surface area contributed by atoms with Gasteiger partial charge in [-0.25, -0.2) is 8.42 Å². The van der Waals surface area contributed by atoms with E-state index in [-0.39, 0.29) is 37.7 Å². The number of sulfonamides is 1. The van der Waals surface area contributed by atoms with E-state index in [0.717, 1.165) is 11.8 Å². The molecule has 0 aromatic heterocycles. The zero-order valence-electron chi connectivity index (χ0n) is 22.3. The van der Waals surface area contributed by atoms with Crippen LogP contribution in [0.15, 0.2) is 42.5 Å². The summed E-state index contributed by atoms with van der Waals surface area (Å²) >= 11 is 12.8. The summed E-state index contributed by atoms with van der Waals surface area (Å²) in [5, 5.41) is 3.76. The van der Waals surface area contributed by atoms with Crippen LogP contribution in [0, 0.1) is 6.92 Å². The Hall–Kier alpha value is -2.29. The number of nitrogens with zero attached hydrogens (tertiary/aromatic N) is 2. The average Bonchev–Trinajstić information content (AvgIpc) is 2.76.